The fraction of sp³-hybridized carbons (Fsp3) is 0.120. The van der Waals surface area contributed by atoms with Crippen LogP contribution in [-0.2, 0) is 12.8 Å². The number of aromatic carboxylic acids is 1. The molecule has 4 rings (SSSR count). The molecule has 35 heavy (non-hydrogen) atoms. The molecule has 0 unspecified atom stereocenters. The number of nitrogens with zero attached hydrogens (tertiary/aromatic N) is 2. The Balaban J connectivity index is 1.85. The summed E-state index contributed by atoms with van der Waals surface area (Å²) >= 11 is 0. The second-order valence-corrected chi connectivity index (χ2v) is 7.58. The average Bonchev–Trinajstić information content (AvgIpc) is 3.19. The second kappa shape index (κ2) is 9.21. The number of halogens is 5. The molecule has 2 aromatic heterocycles. The highest BCUT2D eigenvalue weighted by Gasteiger charge is 2.32. The summed E-state index contributed by atoms with van der Waals surface area (Å²) < 4.78 is 75.7. The summed E-state index contributed by atoms with van der Waals surface area (Å²) in [6, 6.07) is 13.4. The van der Waals surface area contributed by atoms with Gasteiger partial charge < -0.3 is 9.84 Å². The Bertz CT molecular complexity index is 1390. The van der Waals surface area contributed by atoms with Crippen molar-refractivity contribution in [1.82, 2.24) is 9.55 Å². The van der Waals surface area contributed by atoms with Crippen molar-refractivity contribution in [2.24, 2.45) is 0 Å². The second-order valence-electron chi connectivity index (χ2n) is 7.58. The summed E-state index contributed by atoms with van der Waals surface area (Å²) in [6.07, 6.45) is -4.67. The van der Waals surface area contributed by atoms with Crippen molar-refractivity contribution in [1.29, 1.82) is 0 Å². The molecule has 0 aliphatic heterocycles. The van der Waals surface area contributed by atoms with Crippen molar-refractivity contribution < 1.29 is 36.6 Å². The van der Waals surface area contributed by atoms with Crippen LogP contribution >= 0.6 is 0 Å². The summed E-state index contributed by atoms with van der Waals surface area (Å²) in [7, 11) is 0. The quantitative estimate of drug-likeness (QED) is 0.318. The Morgan fingerprint density at radius 2 is 1.69 bits per heavy atom. The molecule has 0 saturated carbocycles. The zero-order chi connectivity index (χ0) is 25.3. The SMILES string of the molecule is Cc1ccc(-c2cc(C(F)(F)F)ccc2OCc2c(F)cccc2F)n1-c1cccc(C(=O)O)n1. The van der Waals surface area contributed by atoms with Gasteiger partial charge in [0.2, 0.25) is 0 Å². The van der Waals surface area contributed by atoms with E-state index < -0.39 is 36.0 Å². The van der Waals surface area contributed by atoms with E-state index in [4.69, 9.17) is 4.74 Å². The molecule has 0 radical (unpaired) electrons. The van der Waals surface area contributed by atoms with Crippen LogP contribution in [-0.4, -0.2) is 20.6 Å². The number of hydrogen-bond acceptors (Lipinski definition) is 3. The molecule has 180 valence electrons. The Hall–Kier alpha value is -4.21. The first-order valence-electron chi connectivity index (χ1n) is 10.2. The van der Waals surface area contributed by atoms with Crippen LogP contribution in [0.2, 0.25) is 0 Å². The lowest BCUT2D eigenvalue weighted by molar-refractivity contribution is -0.137. The van der Waals surface area contributed by atoms with Gasteiger partial charge in [0.15, 0.2) is 5.69 Å². The first-order chi connectivity index (χ1) is 16.6. The lowest BCUT2D eigenvalue weighted by Crippen LogP contribution is -2.09. The lowest BCUT2D eigenvalue weighted by Gasteiger charge is -2.18. The number of pyridine rings is 1. The van der Waals surface area contributed by atoms with Gasteiger partial charge in [0, 0.05) is 11.3 Å². The summed E-state index contributed by atoms with van der Waals surface area (Å²) in [4.78, 5) is 15.4. The highest BCUT2D eigenvalue weighted by atomic mass is 19.4. The van der Waals surface area contributed by atoms with Crippen molar-refractivity contribution in [2.45, 2.75) is 19.7 Å². The molecule has 2 heterocycles. The van der Waals surface area contributed by atoms with Crippen LogP contribution in [0.3, 0.4) is 0 Å². The zero-order valence-electron chi connectivity index (χ0n) is 18.1. The van der Waals surface area contributed by atoms with E-state index in [9.17, 15) is 31.9 Å². The van der Waals surface area contributed by atoms with Gasteiger partial charge in [-0.1, -0.05) is 12.1 Å². The highest BCUT2D eigenvalue weighted by molar-refractivity contribution is 5.85. The number of rotatable bonds is 6. The van der Waals surface area contributed by atoms with Gasteiger partial charge in [-0.25, -0.2) is 18.6 Å². The Morgan fingerprint density at radius 3 is 2.34 bits per heavy atom. The van der Waals surface area contributed by atoms with Crippen molar-refractivity contribution in [3.8, 4) is 22.8 Å². The van der Waals surface area contributed by atoms with Gasteiger partial charge in [0.1, 0.15) is 29.8 Å². The molecule has 1 N–H and O–H groups in total. The molecule has 0 spiro atoms. The molecule has 4 aromatic rings. The Morgan fingerprint density at radius 1 is 1.00 bits per heavy atom. The first kappa shape index (κ1) is 23.9. The lowest BCUT2D eigenvalue weighted by atomic mass is 10.1. The highest BCUT2D eigenvalue weighted by Crippen LogP contribution is 2.39. The smallest absolute Gasteiger partial charge is 0.416 e. The van der Waals surface area contributed by atoms with Gasteiger partial charge >= 0.3 is 12.1 Å². The molecule has 5 nitrogen and oxygen atoms in total. The molecule has 0 saturated heterocycles. The number of benzene rings is 2. The Kier molecular flexibility index (Phi) is 6.29. The predicted octanol–water partition coefficient (Wildman–Crippen LogP) is 6.42. The monoisotopic (exact) mass is 488 g/mol. The van der Waals surface area contributed by atoms with E-state index in [1.165, 1.54) is 34.9 Å². The Labute approximate surface area is 196 Å². The summed E-state index contributed by atoms with van der Waals surface area (Å²) in [5.74, 6) is -2.88. The number of ether oxygens (including phenoxy) is 1. The maximum Gasteiger partial charge on any atom is 0.416 e. The van der Waals surface area contributed by atoms with Crippen LogP contribution in [0, 0.1) is 18.6 Å². The molecule has 10 heteroatoms. The maximum absolute atomic E-state index is 14.1. The van der Waals surface area contributed by atoms with E-state index in [0.29, 0.717) is 5.69 Å². The number of carboxylic acid groups (broad SMARTS) is 1. The molecule has 2 aromatic carbocycles. The minimum atomic E-state index is -4.67. The molecule has 0 bridgehead atoms. The molecule has 0 amide bonds. The van der Waals surface area contributed by atoms with Gasteiger partial charge in [-0.2, -0.15) is 13.2 Å². The van der Waals surface area contributed by atoms with E-state index in [1.807, 2.05) is 0 Å². The third-order valence-electron chi connectivity index (χ3n) is 5.28. The predicted molar refractivity (Wildman–Crippen MR) is 116 cm³/mol. The number of carboxylic acids is 1. The van der Waals surface area contributed by atoms with E-state index in [2.05, 4.69) is 4.98 Å². The van der Waals surface area contributed by atoms with Gasteiger partial charge in [-0.3, -0.25) is 4.57 Å². The average molecular weight is 488 g/mol. The molecular formula is C25H17F5N2O3. The minimum absolute atomic E-state index is 0.0211. The number of aromatic nitrogens is 2. The summed E-state index contributed by atoms with van der Waals surface area (Å²) in [6.45, 7) is 1.10. The molecule has 0 fully saturated rings. The maximum atomic E-state index is 14.1. The molecule has 0 aliphatic rings. The standard InChI is InChI=1S/C25H17F5N2O3/c1-14-8-10-21(32(14)23-7-3-6-20(31-23)24(33)34)16-12-15(25(28,29)30)9-11-22(16)35-13-17-18(26)4-2-5-19(17)27/h2-12H,13H2,1H3,(H,33,34). The van der Waals surface area contributed by atoms with Gasteiger partial charge in [0.25, 0.3) is 0 Å². The number of alkyl halides is 3. The minimum Gasteiger partial charge on any atom is -0.488 e. The van der Waals surface area contributed by atoms with E-state index in [1.54, 1.807) is 13.0 Å². The van der Waals surface area contributed by atoms with E-state index in [0.717, 1.165) is 30.3 Å². The first-order valence-corrected chi connectivity index (χ1v) is 10.2. The van der Waals surface area contributed by atoms with Crippen LogP contribution in [0.25, 0.3) is 17.1 Å². The zero-order valence-corrected chi connectivity index (χ0v) is 18.1. The van der Waals surface area contributed by atoms with Crippen LogP contribution in [0.5, 0.6) is 5.75 Å². The largest absolute Gasteiger partial charge is 0.488 e. The fourth-order valence-electron chi connectivity index (χ4n) is 3.57. The topological polar surface area (TPSA) is 64.3 Å². The van der Waals surface area contributed by atoms with E-state index in [-0.39, 0.29) is 34.1 Å². The third-order valence-corrected chi connectivity index (χ3v) is 5.28. The van der Waals surface area contributed by atoms with Gasteiger partial charge in [-0.05, 0) is 61.5 Å². The van der Waals surface area contributed by atoms with Crippen molar-refractivity contribution in [3.05, 3.63) is 101 Å². The van der Waals surface area contributed by atoms with E-state index >= 15 is 0 Å². The van der Waals surface area contributed by atoms with Crippen molar-refractivity contribution in [2.75, 3.05) is 0 Å². The van der Waals surface area contributed by atoms with Gasteiger partial charge in [-0.15, -0.1) is 0 Å². The van der Waals surface area contributed by atoms with Gasteiger partial charge in [0.05, 0.1) is 16.8 Å². The molecule has 0 aliphatic carbocycles. The summed E-state index contributed by atoms with van der Waals surface area (Å²) in [5.41, 5.74) is -0.842. The number of aryl methyl sites for hydroxylation is 1. The molecule has 0 atom stereocenters. The van der Waals surface area contributed by atoms with Crippen LogP contribution < -0.4 is 4.74 Å². The van der Waals surface area contributed by atoms with Crippen molar-refractivity contribution >= 4 is 5.97 Å². The molecular weight excluding hydrogens is 471 g/mol. The number of carbonyl (C=O) groups is 1. The third kappa shape index (κ3) is 4.86. The summed E-state index contributed by atoms with van der Waals surface area (Å²) in [5, 5.41) is 9.28. The normalized spacial score (nSPS) is 11.5. The van der Waals surface area contributed by atoms with Crippen molar-refractivity contribution in [3.63, 3.8) is 0 Å². The fourth-order valence-corrected chi connectivity index (χ4v) is 3.57. The van der Waals surface area contributed by atoms with Crippen LogP contribution in [0.4, 0.5) is 22.0 Å². The van der Waals surface area contributed by atoms with Crippen LogP contribution in [0.15, 0.2) is 66.7 Å². The number of hydrogen-bond donors (Lipinski definition) is 1. The van der Waals surface area contributed by atoms with Crippen LogP contribution in [0.1, 0.15) is 27.3 Å².